The molecule has 3 N–H and O–H groups in total. The molecule has 1 amide bonds. The molecule has 0 unspecified atom stereocenters. The minimum Gasteiger partial charge on any atom is -0.506 e. The Morgan fingerprint density at radius 3 is 2.75 bits per heavy atom. The molecule has 1 aromatic carbocycles. The topological polar surface area (TPSA) is 93.5 Å². The maximum atomic E-state index is 11.4. The predicted octanol–water partition coefficient (Wildman–Crippen LogP) is 0.906. The average Bonchev–Trinajstić information content (AvgIpc) is 2.19. The number of benzene rings is 1. The highest BCUT2D eigenvalue weighted by molar-refractivity contribution is 6.00. The zero-order valence-corrected chi connectivity index (χ0v) is 8.48. The van der Waals surface area contributed by atoms with Gasteiger partial charge in [-0.2, -0.15) is 0 Å². The van der Waals surface area contributed by atoms with E-state index < -0.39 is 22.8 Å². The first-order valence-electron chi connectivity index (χ1n) is 4.57. The number of rotatable bonds is 1. The minimum atomic E-state index is -1.00. The van der Waals surface area contributed by atoms with E-state index in [2.05, 4.69) is 0 Å². The van der Waals surface area contributed by atoms with Crippen molar-refractivity contribution in [2.75, 3.05) is 0 Å². The van der Waals surface area contributed by atoms with E-state index >= 15 is 0 Å². The largest absolute Gasteiger partial charge is 0.506 e. The molecule has 0 spiro atoms. The fourth-order valence-corrected chi connectivity index (χ4v) is 1.57. The van der Waals surface area contributed by atoms with Gasteiger partial charge in [0.25, 0.3) is 5.91 Å². The molecule has 16 heavy (non-hydrogen) atoms. The smallest absolute Gasteiger partial charge is 0.353 e. The Hall–Kier alpha value is -2.30. The lowest BCUT2D eigenvalue weighted by Gasteiger charge is -2.04. The Balaban J connectivity index is 3.01. The van der Waals surface area contributed by atoms with Crippen LogP contribution in [0.3, 0.4) is 0 Å². The van der Waals surface area contributed by atoms with Crippen molar-refractivity contribution in [1.82, 2.24) is 0 Å². The summed E-state index contributed by atoms with van der Waals surface area (Å²) in [7, 11) is 0. The van der Waals surface area contributed by atoms with Gasteiger partial charge in [0.05, 0.1) is 5.39 Å². The monoisotopic (exact) mass is 219 g/mol. The molecule has 2 rings (SSSR count). The van der Waals surface area contributed by atoms with Gasteiger partial charge in [-0.05, 0) is 18.6 Å². The molecule has 0 aliphatic heterocycles. The SMILES string of the molecule is Cc1cccc2c(O)c(C(N)=O)c(=O)oc12. The Labute approximate surface area is 90.1 Å². The van der Waals surface area contributed by atoms with Crippen LogP contribution in [0.2, 0.25) is 0 Å². The number of hydrogen-bond donors (Lipinski definition) is 2. The van der Waals surface area contributed by atoms with Crippen molar-refractivity contribution in [3.05, 3.63) is 39.7 Å². The number of carbonyl (C=O) groups is 1. The number of amides is 1. The Bertz CT molecular complexity index is 642. The number of para-hydroxylation sites is 1. The van der Waals surface area contributed by atoms with Gasteiger partial charge in [-0.3, -0.25) is 4.79 Å². The minimum absolute atomic E-state index is 0.259. The van der Waals surface area contributed by atoms with Gasteiger partial charge in [-0.15, -0.1) is 0 Å². The van der Waals surface area contributed by atoms with Crippen LogP contribution in [0.5, 0.6) is 5.75 Å². The van der Waals surface area contributed by atoms with Crippen molar-refractivity contribution in [3.63, 3.8) is 0 Å². The summed E-state index contributed by atoms with van der Waals surface area (Å²) in [5.41, 5.74) is 4.50. The lowest BCUT2D eigenvalue weighted by atomic mass is 10.1. The van der Waals surface area contributed by atoms with Crippen LogP contribution in [-0.4, -0.2) is 11.0 Å². The number of fused-ring (bicyclic) bond motifs is 1. The first kappa shape index (κ1) is 10.2. The number of aromatic hydroxyl groups is 1. The first-order valence-corrected chi connectivity index (χ1v) is 4.57. The van der Waals surface area contributed by atoms with Crippen LogP contribution in [-0.2, 0) is 0 Å². The first-order chi connectivity index (χ1) is 7.52. The summed E-state index contributed by atoms with van der Waals surface area (Å²) >= 11 is 0. The van der Waals surface area contributed by atoms with Gasteiger partial charge in [0, 0.05) is 0 Å². The lowest BCUT2D eigenvalue weighted by Crippen LogP contribution is -2.21. The number of nitrogens with two attached hydrogens (primary N) is 1. The second kappa shape index (κ2) is 3.37. The maximum absolute atomic E-state index is 11.4. The van der Waals surface area contributed by atoms with Gasteiger partial charge in [0.2, 0.25) is 0 Å². The molecule has 82 valence electrons. The Morgan fingerprint density at radius 1 is 1.44 bits per heavy atom. The second-order valence-corrected chi connectivity index (χ2v) is 3.43. The van der Waals surface area contributed by atoms with Gasteiger partial charge < -0.3 is 15.3 Å². The Morgan fingerprint density at radius 2 is 2.12 bits per heavy atom. The van der Waals surface area contributed by atoms with E-state index in [4.69, 9.17) is 10.2 Å². The fraction of sp³-hybridized carbons (Fsp3) is 0.0909. The zero-order valence-electron chi connectivity index (χ0n) is 8.48. The maximum Gasteiger partial charge on any atom is 0.353 e. The molecular weight excluding hydrogens is 210 g/mol. The van der Waals surface area contributed by atoms with Crippen molar-refractivity contribution in [2.24, 2.45) is 5.73 Å². The molecule has 1 heterocycles. The summed E-state index contributed by atoms with van der Waals surface area (Å²) < 4.78 is 4.95. The summed E-state index contributed by atoms with van der Waals surface area (Å²) in [5.74, 6) is -1.43. The molecule has 0 saturated carbocycles. The molecule has 0 aliphatic carbocycles. The van der Waals surface area contributed by atoms with Gasteiger partial charge in [-0.25, -0.2) is 4.79 Å². The third-order valence-corrected chi connectivity index (χ3v) is 2.35. The highest BCUT2D eigenvalue weighted by Gasteiger charge is 2.18. The lowest BCUT2D eigenvalue weighted by molar-refractivity contribution is 0.0994. The molecule has 5 nitrogen and oxygen atoms in total. The number of carbonyl (C=O) groups excluding carboxylic acids is 1. The summed E-state index contributed by atoms with van der Waals surface area (Å²) in [5, 5.41) is 10.1. The Kier molecular flexibility index (Phi) is 2.16. The van der Waals surface area contributed by atoms with Crippen LogP contribution in [0.15, 0.2) is 27.4 Å². The molecule has 0 bridgehead atoms. The van der Waals surface area contributed by atoms with E-state index in [0.29, 0.717) is 10.9 Å². The van der Waals surface area contributed by atoms with E-state index in [1.165, 1.54) is 0 Å². The van der Waals surface area contributed by atoms with Gasteiger partial charge in [-0.1, -0.05) is 12.1 Å². The van der Waals surface area contributed by atoms with Crippen LogP contribution in [0.4, 0.5) is 0 Å². The molecule has 5 heteroatoms. The van der Waals surface area contributed by atoms with E-state index in [-0.39, 0.29) is 5.58 Å². The third-order valence-electron chi connectivity index (χ3n) is 2.35. The third kappa shape index (κ3) is 1.33. The molecule has 0 fully saturated rings. The van der Waals surface area contributed by atoms with E-state index in [9.17, 15) is 14.7 Å². The number of primary amides is 1. The standard InChI is InChI=1S/C11H9NO4/c1-5-3-2-4-6-8(13)7(10(12)14)11(15)16-9(5)6/h2-4,13H,1H3,(H2,12,14). The van der Waals surface area contributed by atoms with Crippen LogP contribution in [0, 0.1) is 6.92 Å². The highest BCUT2D eigenvalue weighted by Crippen LogP contribution is 2.27. The zero-order chi connectivity index (χ0) is 11.9. The van der Waals surface area contributed by atoms with E-state index in [0.717, 1.165) is 0 Å². The van der Waals surface area contributed by atoms with Crippen molar-refractivity contribution >= 4 is 16.9 Å². The second-order valence-electron chi connectivity index (χ2n) is 3.43. The number of hydrogen-bond acceptors (Lipinski definition) is 4. The van der Waals surface area contributed by atoms with Crippen molar-refractivity contribution in [3.8, 4) is 5.75 Å². The van der Waals surface area contributed by atoms with Gasteiger partial charge in [0.1, 0.15) is 11.3 Å². The van der Waals surface area contributed by atoms with E-state index in [1.54, 1.807) is 25.1 Å². The summed E-state index contributed by atoms with van der Waals surface area (Å²) in [6, 6.07) is 4.96. The summed E-state index contributed by atoms with van der Waals surface area (Å²) in [4.78, 5) is 22.4. The fourth-order valence-electron chi connectivity index (χ4n) is 1.57. The number of aryl methyl sites for hydroxylation is 1. The van der Waals surface area contributed by atoms with Gasteiger partial charge in [0.15, 0.2) is 5.56 Å². The molecule has 0 radical (unpaired) electrons. The highest BCUT2D eigenvalue weighted by atomic mass is 16.4. The van der Waals surface area contributed by atoms with Crippen LogP contribution in [0.1, 0.15) is 15.9 Å². The molecule has 0 atom stereocenters. The molecule has 1 aromatic heterocycles. The average molecular weight is 219 g/mol. The molecular formula is C11H9NO4. The molecule has 0 aliphatic rings. The predicted molar refractivity (Wildman–Crippen MR) is 57.4 cm³/mol. The quantitative estimate of drug-likeness (QED) is 0.697. The van der Waals surface area contributed by atoms with Gasteiger partial charge >= 0.3 is 5.63 Å². The van der Waals surface area contributed by atoms with Crippen LogP contribution < -0.4 is 11.4 Å². The molecule has 2 aromatic rings. The summed E-state index contributed by atoms with van der Waals surface area (Å²) in [6.07, 6.45) is 0. The van der Waals surface area contributed by atoms with Crippen LogP contribution >= 0.6 is 0 Å². The van der Waals surface area contributed by atoms with Crippen molar-refractivity contribution in [1.29, 1.82) is 0 Å². The normalized spacial score (nSPS) is 10.6. The van der Waals surface area contributed by atoms with Crippen molar-refractivity contribution < 1.29 is 14.3 Å². The van der Waals surface area contributed by atoms with Crippen LogP contribution in [0.25, 0.3) is 11.0 Å². The van der Waals surface area contributed by atoms with E-state index in [1.807, 2.05) is 0 Å². The summed E-state index contributed by atoms with van der Waals surface area (Å²) in [6.45, 7) is 1.73. The molecule has 0 saturated heterocycles. The van der Waals surface area contributed by atoms with Crippen molar-refractivity contribution in [2.45, 2.75) is 6.92 Å².